The maximum Gasteiger partial charge on any atom is -0.00264 e. The van der Waals surface area contributed by atoms with Gasteiger partial charge in [-0.05, 0) is 65.3 Å². The quantitative estimate of drug-likeness (QED) is 0.239. The van der Waals surface area contributed by atoms with Crippen LogP contribution in [0.4, 0.5) is 0 Å². The molecule has 0 N–H and O–H groups in total. The third-order valence-electron chi connectivity index (χ3n) is 7.07. The molecule has 158 valence electrons. The molecule has 0 fully saturated rings. The van der Waals surface area contributed by atoms with Crippen molar-refractivity contribution in [1.29, 1.82) is 0 Å². The third kappa shape index (κ3) is 2.86. The molecule has 0 bridgehead atoms. The Morgan fingerprint density at radius 2 is 0.824 bits per heavy atom. The third-order valence-corrected chi connectivity index (χ3v) is 7.07. The van der Waals surface area contributed by atoms with Crippen molar-refractivity contribution >= 4 is 43.1 Å². The molecule has 0 radical (unpaired) electrons. The van der Waals surface area contributed by atoms with E-state index in [9.17, 15) is 0 Å². The molecule has 0 aliphatic carbocycles. The highest BCUT2D eigenvalue weighted by Gasteiger charge is 2.15. The molecule has 0 spiro atoms. The Bertz CT molecular complexity index is 1840. The van der Waals surface area contributed by atoms with Crippen LogP contribution in [0.1, 0.15) is 0 Å². The van der Waals surface area contributed by atoms with Crippen LogP contribution in [0.25, 0.3) is 65.3 Å². The molecule has 7 aromatic rings. The van der Waals surface area contributed by atoms with Gasteiger partial charge in [-0.3, -0.25) is 0 Å². The van der Waals surface area contributed by atoms with Crippen molar-refractivity contribution in [3.63, 3.8) is 0 Å². The Labute approximate surface area is 198 Å². The molecule has 0 unspecified atom stereocenters. The maximum absolute atomic E-state index is 2.32. The second-order valence-electron chi connectivity index (χ2n) is 8.92. The van der Waals surface area contributed by atoms with E-state index in [4.69, 9.17) is 0 Å². The molecule has 0 amide bonds. The summed E-state index contributed by atoms with van der Waals surface area (Å²) in [5.74, 6) is 0. The minimum atomic E-state index is 1.25. The Kier molecular flexibility index (Phi) is 4.25. The molecule has 0 heterocycles. The summed E-state index contributed by atoms with van der Waals surface area (Å²) < 4.78 is 0. The summed E-state index contributed by atoms with van der Waals surface area (Å²) in [4.78, 5) is 0. The molecule has 34 heavy (non-hydrogen) atoms. The summed E-state index contributed by atoms with van der Waals surface area (Å²) >= 11 is 0. The fraction of sp³-hybridized carbons (Fsp3) is 0. The van der Waals surface area contributed by atoms with Gasteiger partial charge < -0.3 is 0 Å². The van der Waals surface area contributed by atoms with Crippen LogP contribution in [0.2, 0.25) is 0 Å². The molecule has 0 aliphatic rings. The van der Waals surface area contributed by atoms with Gasteiger partial charge in [0, 0.05) is 0 Å². The fourth-order valence-corrected chi connectivity index (χ4v) is 5.50. The first kappa shape index (κ1) is 19.1. The van der Waals surface area contributed by atoms with Gasteiger partial charge in [-0.25, -0.2) is 0 Å². The van der Waals surface area contributed by atoms with Crippen LogP contribution in [0.3, 0.4) is 0 Å². The van der Waals surface area contributed by atoms with Gasteiger partial charge >= 0.3 is 0 Å². The lowest BCUT2D eigenvalue weighted by Crippen LogP contribution is -1.90. The van der Waals surface area contributed by atoms with E-state index < -0.39 is 0 Å². The van der Waals surface area contributed by atoms with Crippen LogP contribution in [0.15, 0.2) is 133 Å². The minimum Gasteiger partial charge on any atom is -0.0622 e. The standard InChI is InChI=1S/C34H22/c1-2-11-25(12-3-1)34-32-20-18-24-10-5-7-14-27(24)30(32)21-22-33(34)29-16-8-15-28-26-13-6-4-9-23(26)17-19-31(28)29/h1-22H. The van der Waals surface area contributed by atoms with Gasteiger partial charge in [-0.1, -0.05) is 133 Å². The molecular formula is C34H22. The smallest absolute Gasteiger partial charge is 0.00264 e. The van der Waals surface area contributed by atoms with Crippen molar-refractivity contribution in [3.8, 4) is 22.3 Å². The van der Waals surface area contributed by atoms with Crippen molar-refractivity contribution in [2.75, 3.05) is 0 Å². The minimum absolute atomic E-state index is 1.25. The monoisotopic (exact) mass is 430 g/mol. The van der Waals surface area contributed by atoms with Crippen LogP contribution >= 0.6 is 0 Å². The summed E-state index contributed by atoms with van der Waals surface area (Å²) in [6.45, 7) is 0. The number of hydrogen-bond acceptors (Lipinski definition) is 0. The fourth-order valence-electron chi connectivity index (χ4n) is 5.50. The molecule has 0 aromatic heterocycles. The number of hydrogen-bond donors (Lipinski definition) is 0. The van der Waals surface area contributed by atoms with Gasteiger partial charge in [0.2, 0.25) is 0 Å². The zero-order valence-electron chi connectivity index (χ0n) is 18.7. The summed E-state index contributed by atoms with van der Waals surface area (Å²) in [6.07, 6.45) is 0. The lowest BCUT2D eigenvalue weighted by Gasteiger charge is -2.17. The molecule has 0 saturated heterocycles. The highest BCUT2D eigenvalue weighted by Crippen LogP contribution is 2.43. The van der Waals surface area contributed by atoms with Crippen molar-refractivity contribution in [2.45, 2.75) is 0 Å². The molecule has 0 saturated carbocycles. The van der Waals surface area contributed by atoms with E-state index in [0.717, 1.165) is 0 Å². The van der Waals surface area contributed by atoms with Crippen molar-refractivity contribution in [3.05, 3.63) is 133 Å². The molecule has 0 aliphatic heterocycles. The van der Waals surface area contributed by atoms with Crippen LogP contribution in [0, 0.1) is 0 Å². The summed E-state index contributed by atoms with van der Waals surface area (Å²) in [5, 5.41) is 10.3. The normalized spacial score (nSPS) is 11.5. The molecule has 7 aromatic carbocycles. The molecule has 0 heteroatoms. The molecule has 0 nitrogen and oxygen atoms in total. The van der Waals surface area contributed by atoms with E-state index >= 15 is 0 Å². The zero-order valence-corrected chi connectivity index (χ0v) is 18.7. The number of benzene rings is 7. The van der Waals surface area contributed by atoms with Gasteiger partial charge in [0.1, 0.15) is 0 Å². The molecule has 7 rings (SSSR count). The Morgan fingerprint density at radius 3 is 1.56 bits per heavy atom. The van der Waals surface area contributed by atoms with E-state index in [1.807, 2.05) is 0 Å². The van der Waals surface area contributed by atoms with Gasteiger partial charge in [-0.2, -0.15) is 0 Å². The van der Waals surface area contributed by atoms with Crippen molar-refractivity contribution in [1.82, 2.24) is 0 Å². The van der Waals surface area contributed by atoms with Gasteiger partial charge in [0.15, 0.2) is 0 Å². The topological polar surface area (TPSA) is 0 Å². The van der Waals surface area contributed by atoms with E-state index in [0.29, 0.717) is 0 Å². The highest BCUT2D eigenvalue weighted by atomic mass is 14.2. The van der Waals surface area contributed by atoms with Gasteiger partial charge in [-0.15, -0.1) is 0 Å². The van der Waals surface area contributed by atoms with Crippen LogP contribution in [0.5, 0.6) is 0 Å². The predicted octanol–water partition coefficient (Wildman–Crippen LogP) is 9.63. The second kappa shape index (κ2) is 7.57. The lowest BCUT2D eigenvalue weighted by molar-refractivity contribution is 1.64. The highest BCUT2D eigenvalue weighted by molar-refractivity contribution is 6.18. The van der Waals surface area contributed by atoms with Crippen molar-refractivity contribution in [2.24, 2.45) is 0 Å². The average molecular weight is 431 g/mol. The first-order chi connectivity index (χ1) is 16.9. The van der Waals surface area contributed by atoms with Gasteiger partial charge in [0.25, 0.3) is 0 Å². The average Bonchev–Trinajstić information content (AvgIpc) is 2.92. The lowest BCUT2D eigenvalue weighted by atomic mass is 9.86. The predicted molar refractivity (Wildman–Crippen MR) is 147 cm³/mol. The van der Waals surface area contributed by atoms with E-state index in [2.05, 4.69) is 133 Å². The largest absolute Gasteiger partial charge is 0.0622 e. The van der Waals surface area contributed by atoms with Crippen LogP contribution < -0.4 is 0 Å². The van der Waals surface area contributed by atoms with Crippen molar-refractivity contribution < 1.29 is 0 Å². The van der Waals surface area contributed by atoms with E-state index in [1.165, 1.54) is 65.3 Å². The van der Waals surface area contributed by atoms with Crippen LogP contribution in [-0.4, -0.2) is 0 Å². The zero-order chi connectivity index (χ0) is 22.5. The second-order valence-corrected chi connectivity index (χ2v) is 8.92. The molecule has 0 atom stereocenters. The Balaban J connectivity index is 1.62. The molecular weight excluding hydrogens is 408 g/mol. The van der Waals surface area contributed by atoms with E-state index in [1.54, 1.807) is 0 Å². The SMILES string of the molecule is c1ccc(-c2c(-c3cccc4c3ccc3ccccc34)ccc3c2ccc2ccccc23)cc1. The maximum atomic E-state index is 2.32. The summed E-state index contributed by atoms with van der Waals surface area (Å²) in [5.41, 5.74) is 5.09. The first-order valence-electron chi connectivity index (χ1n) is 11.8. The number of fused-ring (bicyclic) bond motifs is 6. The Morgan fingerprint density at radius 1 is 0.265 bits per heavy atom. The van der Waals surface area contributed by atoms with E-state index in [-0.39, 0.29) is 0 Å². The van der Waals surface area contributed by atoms with Gasteiger partial charge in [0.05, 0.1) is 0 Å². The number of rotatable bonds is 2. The summed E-state index contributed by atoms with van der Waals surface area (Å²) in [7, 11) is 0. The van der Waals surface area contributed by atoms with Crippen LogP contribution in [-0.2, 0) is 0 Å². The first-order valence-corrected chi connectivity index (χ1v) is 11.8. The Hall–Kier alpha value is -4.42. The summed E-state index contributed by atoms with van der Waals surface area (Å²) in [6, 6.07) is 48.6.